The summed E-state index contributed by atoms with van der Waals surface area (Å²) >= 11 is 1.64. The van der Waals surface area contributed by atoms with Gasteiger partial charge in [-0.05, 0) is 41.3 Å². The smallest absolute Gasteiger partial charge is 0.257 e. The lowest BCUT2D eigenvalue weighted by Crippen LogP contribution is -2.32. The molecule has 1 unspecified atom stereocenters. The SMILES string of the molecule is O=C(CNC(c1ccccc1)c1cccs1)Nc1ccccc1C(=O)Nc1ccccc1. The molecule has 0 spiro atoms. The van der Waals surface area contributed by atoms with E-state index in [4.69, 9.17) is 0 Å². The number of amides is 2. The van der Waals surface area contributed by atoms with E-state index < -0.39 is 0 Å². The lowest BCUT2D eigenvalue weighted by Gasteiger charge is -2.18. The van der Waals surface area contributed by atoms with Crippen LogP contribution in [0, 0.1) is 0 Å². The van der Waals surface area contributed by atoms with E-state index >= 15 is 0 Å². The number of rotatable bonds is 8. The van der Waals surface area contributed by atoms with Gasteiger partial charge >= 0.3 is 0 Å². The molecule has 4 rings (SSSR count). The van der Waals surface area contributed by atoms with Gasteiger partial charge < -0.3 is 10.6 Å². The second-order valence-electron chi connectivity index (χ2n) is 7.15. The molecule has 0 saturated heterocycles. The van der Waals surface area contributed by atoms with Crippen LogP contribution >= 0.6 is 11.3 Å². The molecule has 0 aliphatic heterocycles. The minimum absolute atomic E-state index is 0.0847. The number of para-hydroxylation sites is 2. The molecule has 32 heavy (non-hydrogen) atoms. The van der Waals surface area contributed by atoms with Crippen LogP contribution in [0.1, 0.15) is 26.8 Å². The number of anilines is 2. The van der Waals surface area contributed by atoms with Gasteiger partial charge in [0, 0.05) is 10.6 Å². The van der Waals surface area contributed by atoms with E-state index in [2.05, 4.69) is 22.0 Å². The van der Waals surface area contributed by atoms with Gasteiger partial charge in [0.15, 0.2) is 0 Å². The molecule has 160 valence electrons. The second kappa shape index (κ2) is 10.5. The van der Waals surface area contributed by atoms with Crippen LogP contribution in [0.4, 0.5) is 11.4 Å². The number of hydrogen-bond donors (Lipinski definition) is 3. The molecular weight excluding hydrogens is 418 g/mol. The number of carbonyl (C=O) groups is 2. The first-order valence-electron chi connectivity index (χ1n) is 10.3. The molecule has 0 aliphatic rings. The molecule has 4 aromatic rings. The summed E-state index contributed by atoms with van der Waals surface area (Å²) < 4.78 is 0. The minimum atomic E-state index is -0.277. The number of hydrogen-bond acceptors (Lipinski definition) is 4. The lowest BCUT2D eigenvalue weighted by atomic mass is 10.1. The van der Waals surface area contributed by atoms with Gasteiger partial charge in [-0.2, -0.15) is 0 Å². The van der Waals surface area contributed by atoms with E-state index in [-0.39, 0.29) is 24.4 Å². The molecule has 1 atom stereocenters. The molecule has 3 aromatic carbocycles. The van der Waals surface area contributed by atoms with E-state index in [1.807, 2.05) is 72.1 Å². The van der Waals surface area contributed by atoms with Crippen molar-refractivity contribution in [1.29, 1.82) is 0 Å². The Kier molecular flexibility index (Phi) is 7.07. The second-order valence-corrected chi connectivity index (χ2v) is 8.13. The normalized spacial score (nSPS) is 11.5. The Labute approximate surface area is 191 Å². The summed E-state index contributed by atoms with van der Waals surface area (Å²) in [4.78, 5) is 26.6. The van der Waals surface area contributed by atoms with Crippen molar-refractivity contribution < 1.29 is 9.59 Å². The van der Waals surface area contributed by atoms with Crippen molar-refractivity contribution in [1.82, 2.24) is 5.32 Å². The van der Waals surface area contributed by atoms with Crippen molar-refractivity contribution >= 4 is 34.5 Å². The van der Waals surface area contributed by atoms with Gasteiger partial charge in [-0.3, -0.25) is 14.9 Å². The number of benzene rings is 3. The van der Waals surface area contributed by atoms with Gasteiger partial charge in [-0.15, -0.1) is 11.3 Å². The molecule has 0 radical (unpaired) electrons. The van der Waals surface area contributed by atoms with Crippen molar-refractivity contribution in [2.45, 2.75) is 6.04 Å². The van der Waals surface area contributed by atoms with Gasteiger partial charge in [0.05, 0.1) is 23.8 Å². The Morgan fingerprint density at radius 3 is 2.16 bits per heavy atom. The molecule has 2 amide bonds. The van der Waals surface area contributed by atoms with Crippen LogP contribution in [-0.4, -0.2) is 18.4 Å². The summed E-state index contributed by atoms with van der Waals surface area (Å²) in [5.74, 6) is -0.497. The average molecular weight is 442 g/mol. The van der Waals surface area contributed by atoms with Crippen LogP contribution in [0.3, 0.4) is 0 Å². The van der Waals surface area contributed by atoms with E-state index in [9.17, 15) is 9.59 Å². The van der Waals surface area contributed by atoms with Crippen LogP contribution in [0.25, 0.3) is 0 Å². The third-order valence-electron chi connectivity index (χ3n) is 4.90. The predicted octanol–water partition coefficient (Wildman–Crippen LogP) is 5.32. The summed E-state index contributed by atoms with van der Waals surface area (Å²) in [6, 6.07) is 30.2. The van der Waals surface area contributed by atoms with Crippen molar-refractivity contribution in [3.8, 4) is 0 Å². The minimum Gasteiger partial charge on any atom is -0.324 e. The molecule has 3 N–H and O–H groups in total. The maximum Gasteiger partial charge on any atom is 0.257 e. The van der Waals surface area contributed by atoms with E-state index in [1.54, 1.807) is 35.6 Å². The lowest BCUT2D eigenvalue weighted by molar-refractivity contribution is -0.115. The molecule has 0 saturated carbocycles. The largest absolute Gasteiger partial charge is 0.324 e. The summed E-state index contributed by atoms with van der Waals surface area (Å²) in [6.07, 6.45) is 0. The summed E-state index contributed by atoms with van der Waals surface area (Å²) in [6.45, 7) is 0.103. The Morgan fingerprint density at radius 2 is 1.44 bits per heavy atom. The maximum absolute atomic E-state index is 12.7. The zero-order valence-corrected chi connectivity index (χ0v) is 18.1. The fourth-order valence-electron chi connectivity index (χ4n) is 3.38. The van der Waals surface area contributed by atoms with Crippen molar-refractivity contribution in [2.75, 3.05) is 17.2 Å². The molecule has 0 fully saturated rings. The molecule has 0 bridgehead atoms. The highest BCUT2D eigenvalue weighted by atomic mass is 32.1. The monoisotopic (exact) mass is 441 g/mol. The highest BCUT2D eigenvalue weighted by Gasteiger charge is 2.17. The van der Waals surface area contributed by atoms with Gasteiger partial charge in [0.1, 0.15) is 0 Å². The molecule has 6 heteroatoms. The average Bonchev–Trinajstić information content (AvgIpc) is 3.35. The highest BCUT2D eigenvalue weighted by molar-refractivity contribution is 7.10. The fraction of sp³-hybridized carbons (Fsp3) is 0.0769. The van der Waals surface area contributed by atoms with Crippen LogP contribution in [0.2, 0.25) is 0 Å². The van der Waals surface area contributed by atoms with Gasteiger partial charge in [-0.1, -0.05) is 66.7 Å². The van der Waals surface area contributed by atoms with Gasteiger partial charge in [-0.25, -0.2) is 0 Å². The molecular formula is C26H23N3O2S. The van der Waals surface area contributed by atoms with Crippen LogP contribution in [0.5, 0.6) is 0 Å². The molecule has 1 heterocycles. The Bertz CT molecular complexity index is 1160. The Balaban J connectivity index is 1.43. The highest BCUT2D eigenvalue weighted by Crippen LogP contribution is 2.26. The predicted molar refractivity (Wildman–Crippen MR) is 130 cm³/mol. The zero-order chi connectivity index (χ0) is 22.2. The maximum atomic E-state index is 12.7. The van der Waals surface area contributed by atoms with Crippen molar-refractivity contribution in [2.24, 2.45) is 0 Å². The third-order valence-corrected chi connectivity index (χ3v) is 5.84. The van der Waals surface area contributed by atoms with Gasteiger partial charge in [0.2, 0.25) is 5.91 Å². The topological polar surface area (TPSA) is 70.2 Å². The quantitative estimate of drug-likeness (QED) is 0.347. The number of thiophene rings is 1. The summed E-state index contributed by atoms with van der Waals surface area (Å²) in [7, 11) is 0. The standard InChI is InChI=1S/C26H23N3O2S/c30-24(18-27-25(23-16-9-17-32-23)19-10-3-1-4-11-19)29-22-15-8-7-14-21(22)26(31)28-20-12-5-2-6-13-20/h1-17,25,27H,18H2,(H,28,31)(H,29,30). The first-order chi connectivity index (χ1) is 15.7. The molecule has 0 aliphatic carbocycles. The molecule has 5 nitrogen and oxygen atoms in total. The van der Waals surface area contributed by atoms with Gasteiger partial charge in [0.25, 0.3) is 5.91 Å². The number of nitrogens with one attached hydrogen (secondary N) is 3. The zero-order valence-electron chi connectivity index (χ0n) is 17.3. The Morgan fingerprint density at radius 1 is 0.750 bits per heavy atom. The van der Waals surface area contributed by atoms with E-state index in [0.29, 0.717) is 16.9 Å². The van der Waals surface area contributed by atoms with E-state index in [0.717, 1.165) is 10.4 Å². The van der Waals surface area contributed by atoms with Crippen LogP contribution in [-0.2, 0) is 4.79 Å². The summed E-state index contributed by atoms with van der Waals surface area (Å²) in [5, 5.41) is 11.1. The van der Waals surface area contributed by atoms with Crippen LogP contribution in [0.15, 0.2) is 102 Å². The first kappa shape index (κ1) is 21.5. The third kappa shape index (κ3) is 5.49. The van der Waals surface area contributed by atoms with Crippen molar-refractivity contribution in [3.05, 3.63) is 118 Å². The van der Waals surface area contributed by atoms with Crippen molar-refractivity contribution in [3.63, 3.8) is 0 Å². The fourth-order valence-corrected chi connectivity index (χ4v) is 4.21. The molecule has 1 aromatic heterocycles. The summed E-state index contributed by atoms with van der Waals surface area (Å²) in [5.41, 5.74) is 2.66. The first-order valence-corrected chi connectivity index (χ1v) is 11.2. The van der Waals surface area contributed by atoms with E-state index in [1.165, 1.54) is 0 Å². The number of carbonyl (C=O) groups excluding carboxylic acids is 2. The Hall–Kier alpha value is -3.74. The van der Waals surface area contributed by atoms with Crippen LogP contribution < -0.4 is 16.0 Å².